The van der Waals surface area contributed by atoms with Crippen molar-refractivity contribution in [3.8, 4) is 39.6 Å². The van der Waals surface area contributed by atoms with Crippen LogP contribution in [0.15, 0.2) is 192 Å². The molecule has 0 atom stereocenters. The quantitative estimate of drug-likeness (QED) is 0.178. The molecule has 0 unspecified atom stereocenters. The number of hydrogen-bond donors (Lipinski definition) is 0. The minimum absolute atomic E-state index is 0.832. The smallest absolute Gasteiger partial charge is 0.137 e. The van der Waals surface area contributed by atoms with Crippen LogP contribution in [0, 0.1) is 0 Å². The van der Waals surface area contributed by atoms with Gasteiger partial charge in [0.15, 0.2) is 0 Å². The molecule has 0 aliphatic carbocycles. The molecule has 0 fully saturated rings. The standard InChI is InChI=1S/C50H31N5O/c1-3-16-32(17-4-1)47-48(33-18-5-2-6-19-33)55(52-51-47)43-28-15-23-36-34-20-7-10-24-39(34)53(49(36)43)41-26-12-13-27-42(41)54-40-25-11-8-21-35(40)37-30-31-45-46(50(37)54)38-22-9-14-29-44(38)56-45/h1-31H. The van der Waals surface area contributed by atoms with Crippen molar-refractivity contribution < 1.29 is 4.42 Å². The molecule has 0 saturated carbocycles. The summed E-state index contributed by atoms with van der Waals surface area (Å²) in [5.74, 6) is 0. The summed E-state index contributed by atoms with van der Waals surface area (Å²) in [4.78, 5) is 0. The highest BCUT2D eigenvalue weighted by Gasteiger charge is 2.25. The Balaban J connectivity index is 1.22. The summed E-state index contributed by atoms with van der Waals surface area (Å²) in [6, 6.07) is 66.1. The van der Waals surface area contributed by atoms with Gasteiger partial charge in [0.05, 0.1) is 44.5 Å². The zero-order valence-corrected chi connectivity index (χ0v) is 30.0. The van der Waals surface area contributed by atoms with Crippen molar-refractivity contribution in [1.82, 2.24) is 24.1 Å². The summed E-state index contributed by atoms with van der Waals surface area (Å²) in [6.07, 6.45) is 0. The van der Waals surface area contributed by atoms with Crippen molar-refractivity contribution in [2.45, 2.75) is 0 Å². The Hall–Kier alpha value is -7.70. The molecule has 4 heterocycles. The summed E-state index contributed by atoms with van der Waals surface area (Å²) in [5.41, 5.74) is 13.0. The van der Waals surface area contributed by atoms with Gasteiger partial charge in [-0.3, -0.25) is 0 Å². The number of nitrogens with zero attached hydrogens (tertiary/aromatic N) is 5. The first-order valence-electron chi connectivity index (χ1n) is 18.9. The van der Waals surface area contributed by atoms with Gasteiger partial charge in [-0.15, -0.1) is 5.10 Å². The van der Waals surface area contributed by atoms with E-state index in [4.69, 9.17) is 14.7 Å². The number of furan rings is 1. The largest absolute Gasteiger partial charge is 0.456 e. The van der Waals surface area contributed by atoms with Crippen molar-refractivity contribution in [2.24, 2.45) is 0 Å². The van der Waals surface area contributed by atoms with Crippen LogP contribution in [0.2, 0.25) is 0 Å². The van der Waals surface area contributed by atoms with E-state index < -0.39 is 0 Å². The summed E-state index contributed by atoms with van der Waals surface area (Å²) in [7, 11) is 0. The molecular weight excluding hydrogens is 687 g/mol. The van der Waals surface area contributed by atoms with Crippen LogP contribution in [0.4, 0.5) is 0 Å². The average Bonchev–Trinajstić information content (AvgIpc) is 4.04. The highest BCUT2D eigenvalue weighted by molar-refractivity contribution is 6.24. The van der Waals surface area contributed by atoms with Crippen molar-refractivity contribution in [1.29, 1.82) is 0 Å². The Morgan fingerprint density at radius 1 is 0.375 bits per heavy atom. The van der Waals surface area contributed by atoms with E-state index >= 15 is 0 Å². The fraction of sp³-hybridized carbons (Fsp3) is 0. The van der Waals surface area contributed by atoms with Crippen LogP contribution in [0.3, 0.4) is 0 Å². The van der Waals surface area contributed by atoms with E-state index in [1.54, 1.807) is 0 Å². The third kappa shape index (κ3) is 4.32. The first kappa shape index (κ1) is 30.7. The lowest BCUT2D eigenvalue weighted by atomic mass is 10.0. The Labute approximate surface area is 320 Å². The van der Waals surface area contributed by atoms with Gasteiger partial charge in [-0.25, -0.2) is 4.68 Å². The van der Waals surface area contributed by atoms with Gasteiger partial charge in [-0.1, -0.05) is 145 Å². The van der Waals surface area contributed by atoms with Crippen LogP contribution < -0.4 is 0 Å². The fourth-order valence-corrected chi connectivity index (χ4v) is 8.88. The van der Waals surface area contributed by atoms with Gasteiger partial charge in [0.2, 0.25) is 0 Å². The van der Waals surface area contributed by atoms with Gasteiger partial charge < -0.3 is 13.6 Å². The minimum atomic E-state index is 0.832. The molecular formula is C50H31N5O. The molecule has 56 heavy (non-hydrogen) atoms. The van der Waals surface area contributed by atoms with Crippen molar-refractivity contribution in [3.63, 3.8) is 0 Å². The van der Waals surface area contributed by atoms with Crippen molar-refractivity contribution >= 4 is 65.6 Å². The monoisotopic (exact) mass is 717 g/mol. The Morgan fingerprint density at radius 3 is 1.62 bits per heavy atom. The number of hydrogen-bond acceptors (Lipinski definition) is 3. The molecule has 0 N–H and O–H groups in total. The van der Waals surface area contributed by atoms with Gasteiger partial charge in [-0.2, -0.15) is 0 Å². The number of rotatable bonds is 5. The lowest BCUT2D eigenvalue weighted by Gasteiger charge is -2.18. The molecule has 12 rings (SSSR count). The molecule has 0 aliphatic heterocycles. The van der Waals surface area contributed by atoms with Crippen LogP contribution >= 0.6 is 0 Å². The second kappa shape index (κ2) is 11.9. The molecule has 12 aromatic rings. The van der Waals surface area contributed by atoms with Gasteiger partial charge in [0.1, 0.15) is 22.6 Å². The predicted molar refractivity (Wildman–Crippen MR) is 228 cm³/mol. The molecule has 0 spiro atoms. The molecule has 0 amide bonds. The summed E-state index contributed by atoms with van der Waals surface area (Å²) < 4.78 is 13.4. The molecule has 6 nitrogen and oxygen atoms in total. The van der Waals surface area contributed by atoms with E-state index in [0.29, 0.717) is 0 Å². The second-order valence-corrected chi connectivity index (χ2v) is 14.2. The lowest BCUT2D eigenvalue weighted by molar-refractivity contribution is 0.669. The average molecular weight is 718 g/mol. The van der Waals surface area contributed by atoms with E-state index in [0.717, 1.165) is 94.4 Å². The van der Waals surface area contributed by atoms with Crippen molar-refractivity contribution in [2.75, 3.05) is 0 Å². The maximum Gasteiger partial charge on any atom is 0.137 e. The van der Waals surface area contributed by atoms with Crippen molar-refractivity contribution in [3.05, 3.63) is 188 Å². The first-order valence-corrected chi connectivity index (χ1v) is 18.9. The summed E-state index contributed by atoms with van der Waals surface area (Å²) >= 11 is 0. The zero-order chi connectivity index (χ0) is 36.7. The van der Waals surface area contributed by atoms with Crippen LogP contribution in [0.1, 0.15) is 0 Å². The van der Waals surface area contributed by atoms with Gasteiger partial charge in [0, 0.05) is 38.1 Å². The fourth-order valence-electron chi connectivity index (χ4n) is 8.88. The maximum absolute atomic E-state index is 6.48. The van der Waals surface area contributed by atoms with Crippen LogP contribution in [-0.2, 0) is 0 Å². The Morgan fingerprint density at radius 2 is 0.911 bits per heavy atom. The molecule has 0 aliphatic rings. The minimum Gasteiger partial charge on any atom is -0.456 e. The Bertz CT molecular complexity index is 3480. The third-order valence-electron chi connectivity index (χ3n) is 11.2. The number of fused-ring (bicyclic) bond motifs is 10. The maximum atomic E-state index is 6.48. The predicted octanol–water partition coefficient (Wildman–Crippen LogP) is 12.7. The van der Waals surface area contributed by atoms with Gasteiger partial charge >= 0.3 is 0 Å². The second-order valence-electron chi connectivity index (χ2n) is 14.2. The first-order chi connectivity index (χ1) is 27.8. The normalized spacial score (nSPS) is 11.9. The van der Waals surface area contributed by atoms with Gasteiger partial charge in [0.25, 0.3) is 0 Å². The molecule has 0 bridgehead atoms. The van der Waals surface area contributed by atoms with E-state index in [2.05, 4.69) is 167 Å². The SMILES string of the molecule is c1ccc(-c2nnn(-c3cccc4c5ccccc5n(-c5ccccc5-n5c6ccccc6c6ccc7oc8ccccc8c7c65)c34)c2-c2ccccc2)cc1. The zero-order valence-electron chi connectivity index (χ0n) is 30.0. The number of aromatic nitrogens is 5. The number of para-hydroxylation sites is 6. The van der Waals surface area contributed by atoms with E-state index in [1.807, 2.05) is 35.0 Å². The lowest BCUT2D eigenvalue weighted by Crippen LogP contribution is -2.06. The molecule has 8 aromatic carbocycles. The summed E-state index contributed by atoms with van der Waals surface area (Å²) in [5, 5.41) is 16.7. The van der Waals surface area contributed by atoms with E-state index in [9.17, 15) is 0 Å². The highest BCUT2D eigenvalue weighted by Crippen LogP contribution is 2.44. The summed E-state index contributed by atoms with van der Waals surface area (Å²) in [6.45, 7) is 0. The van der Waals surface area contributed by atoms with E-state index in [-0.39, 0.29) is 0 Å². The topological polar surface area (TPSA) is 53.7 Å². The van der Waals surface area contributed by atoms with E-state index in [1.165, 1.54) is 10.8 Å². The van der Waals surface area contributed by atoms with Crippen LogP contribution in [0.5, 0.6) is 0 Å². The molecule has 262 valence electrons. The molecule has 6 heteroatoms. The molecule has 0 saturated heterocycles. The van der Waals surface area contributed by atoms with Crippen LogP contribution in [-0.4, -0.2) is 24.1 Å². The van der Waals surface area contributed by atoms with Gasteiger partial charge in [-0.05, 0) is 48.5 Å². The molecule has 4 aromatic heterocycles. The highest BCUT2D eigenvalue weighted by atomic mass is 16.3. The Kier molecular flexibility index (Phi) is 6.53. The third-order valence-corrected chi connectivity index (χ3v) is 11.2. The number of benzene rings is 8. The van der Waals surface area contributed by atoms with Crippen LogP contribution in [0.25, 0.3) is 105 Å². The molecule has 0 radical (unpaired) electrons.